The van der Waals surface area contributed by atoms with Gasteiger partial charge in [0.15, 0.2) is 5.76 Å². The van der Waals surface area contributed by atoms with E-state index in [2.05, 4.69) is 25.1 Å². The molecule has 2 heterocycles. The predicted octanol–water partition coefficient (Wildman–Crippen LogP) is 3.31. The molecule has 1 N–H and O–H groups in total. The largest absolute Gasteiger partial charge is 0.478 e. The smallest absolute Gasteiger partial charge is 0.338 e. The number of hydrogen-bond donors (Lipinski definition) is 1. The average Bonchev–Trinajstić information content (AvgIpc) is 3.05. The predicted molar refractivity (Wildman–Crippen MR) is 84.7 cm³/mol. The molecule has 120 valence electrons. The standard InChI is InChI=1S/C18H19NO4/c1-12-4-2-3-5-15(12)13-6-8-19(9-7-13)17(20)16-10-14(11-23-16)18(21)22/h2-5,10-11,13H,6-9H2,1H3,(H,21,22). The molecular weight excluding hydrogens is 294 g/mol. The van der Waals surface area contributed by atoms with Gasteiger partial charge in [-0.15, -0.1) is 0 Å². The first-order chi connectivity index (χ1) is 11.1. The summed E-state index contributed by atoms with van der Waals surface area (Å²) in [6, 6.07) is 9.65. The van der Waals surface area contributed by atoms with Crippen LogP contribution in [0.3, 0.4) is 0 Å². The highest BCUT2D eigenvalue weighted by Gasteiger charge is 2.27. The minimum atomic E-state index is -1.09. The lowest BCUT2D eigenvalue weighted by atomic mass is 9.87. The molecule has 1 aromatic heterocycles. The van der Waals surface area contributed by atoms with Crippen molar-refractivity contribution in [2.45, 2.75) is 25.7 Å². The number of carbonyl (C=O) groups excluding carboxylic acids is 1. The van der Waals surface area contributed by atoms with Crippen molar-refractivity contribution in [1.29, 1.82) is 0 Å². The van der Waals surface area contributed by atoms with E-state index in [0.29, 0.717) is 19.0 Å². The van der Waals surface area contributed by atoms with Gasteiger partial charge in [-0.2, -0.15) is 0 Å². The topological polar surface area (TPSA) is 70.8 Å². The van der Waals surface area contributed by atoms with Crippen molar-refractivity contribution in [3.8, 4) is 0 Å². The molecule has 1 aliphatic rings. The Kier molecular flexibility index (Phi) is 4.19. The minimum absolute atomic E-state index is 0.00291. The Morgan fingerprint density at radius 2 is 1.91 bits per heavy atom. The summed E-state index contributed by atoms with van der Waals surface area (Å²) in [4.78, 5) is 25.0. The number of benzene rings is 1. The van der Waals surface area contributed by atoms with Gasteiger partial charge in [-0.3, -0.25) is 4.79 Å². The number of carboxylic acid groups (broad SMARTS) is 1. The number of aryl methyl sites for hydroxylation is 1. The average molecular weight is 313 g/mol. The third-order valence-corrected chi connectivity index (χ3v) is 4.47. The molecule has 2 aromatic rings. The van der Waals surface area contributed by atoms with Gasteiger partial charge in [-0.05, 0) is 36.8 Å². The number of aromatic carboxylic acids is 1. The van der Waals surface area contributed by atoms with Crippen LogP contribution in [-0.4, -0.2) is 35.0 Å². The van der Waals surface area contributed by atoms with E-state index in [4.69, 9.17) is 9.52 Å². The van der Waals surface area contributed by atoms with Crippen LogP contribution in [0.1, 0.15) is 50.8 Å². The number of carbonyl (C=O) groups is 2. The molecule has 1 aromatic carbocycles. The highest BCUT2D eigenvalue weighted by molar-refractivity contribution is 5.95. The van der Waals surface area contributed by atoms with E-state index in [0.717, 1.165) is 19.1 Å². The number of piperidine rings is 1. The van der Waals surface area contributed by atoms with E-state index in [9.17, 15) is 9.59 Å². The lowest BCUT2D eigenvalue weighted by Gasteiger charge is -2.32. The van der Waals surface area contributed by atoms with Crippen molar-refractivity contribution in [3.05, 3.63) is 59.0 Å². The molecule has 0 aliphatic carbocycles. The SMILES string of the molecule is Cc1ccccc1C1CCN(C(=O)c2cc(C(=O)O)co2)CC1. The van der Waals surface area contributed by atoms with Crippen molar-refractivity contribution in [3.63, 3.8) is 0 Å². The van der Waals surface area contributed by atoms with E-state index in [1.54, 1.807) is 4.90 Å². The van der Waals surface area contributed by atoms with Crippen molar-refractivity contribution in [2.75, 3.05) is 13.1 Å². The van der Waals surface area contributed by atoms with E-state index < -0.39 is 5.97 Å². The Labute approximate surface area is 134 Å². The number of likely N-dealkylation sites (tertiary alicyclic amines) is 1. The van der Waals surface area contributed by atoms with E-state index >= 15 is 0 Å². The Balaban J connectivity index is 1.65. The molecule has 1 saturated heterocycles. The van der Waals surface area contributed by atoms with Crippen LogP contribution in [0, 0.1) is 6.92 Å². The molecule has 5 heteroatoms. The fraction of sp³-hybridized carbons (Fsp3) is 0.333. The van der Waals surface area contributed by atoms with Crippen LogP contribution in [0.25, 0.3) is 0 Å². The molecule has 0 radical (unpaired) electrons. The molecular formula is C18H19NO4. The molecule has 1 amide bonds. The maximum absolute atomic E-state index is 12.4. The Morgan fingerprint density at radius 3 is 2.52 bits per heavy atom. The molecule has 5 nitrogen and oxygen atoms in total. The van der Waals surface area contributed by atoms with Crippen LogP contribution in [0.2, 0.25) is 0 Å². The molecule has 0 atom stereocenters. The lowest BCUT2D eigenvalue weighted by molar-refractivity contribution is 0.0677. The van der Waals surface area contributed by atoms with Gasteiger partial charge in [0, 0.05) is 19.2 Å². The third-order valence-electron chi connectivity index (χ3n) is 4.47. The van der Waals surface area contributed by atoms with Crippen LogP contribution in [0.4, 0.5) is 0 Å². The summed E-state index contributed by atoms with van der Waals surface area (Å²) in [5.41, 5.74) is 2.64. The summed E-state index contributed by atoms with van der Waals surface area (Å²) in [5, 5.41) is 8.89. The number of carboxylic acids is 1. The number of furan rings is 1. The highest BCUT2D eigenvalue weighted by Crippen LogP contribution is 2.30. The Hall–Kier alpha value is -2.56. The number of nitrogens with zero attached hydrogens (tertiary/aromatic N) is 1. The third kappa shape index (κ3) is 3.13. The number of rotatable bonds is 3. The van der Waals surface area contributed by atoms with E-state index in [1.165, 1.54) is 17.2 Å². The normalized spacial score (nSPS) is 15.6. The van der Waals surface area contributed by atoms with Gasteiger partial charge in [0.05, 0.1) is 5.56 Å². The van der Waals surface area contributed by atoms with Crippen LogP contribution < -0.4 is 0 Å². The fourth-order valence-corrected chi connectivity index (χ4v) is 3.15. The Bertz CT molecular complexity index is 726. The molecule has 1 aliphatic heterocycles. The summed E-state index contributed by atoms with van der Waals surface area (Å²) in [6.45, 7) is 3.42. The van der Waals surface area contributed by atoms with Crippen molar-refractivity contribution in [1.82, 2.24) is 4.90 Å². The molecule has 0 bridgehead atoms. The minimum Gasteiger partial charge on any atom is -0.478 e. The van der Waals surface area contributed by atoms with Gasteiger partial charge in [0.1, 0.15) is 6.26 Å². The molecule has 3 rings (SSSR count). The summed E-state index contributed by atoms with van der Waals surface area (Å²) < 4.78 is 5.10. The van der Waals surface area contributed by atoms with Crippen LogP contribution >= 0.6 is 0 Å². The van der Waals surface area contributed by atoms with Gasteiger partial charge < -0.3 is 14.4 Å². The maximum Gasteiger partial charge on any atom is 0.338 e. The first kappa shape index (κ1) is 15.3. The van der Waals surface area contributed by atoms with Gasteiger partial charge in [0.2, 0.25) is 0 Å². The first-order valence-corrected chi connectivity index (χ1v) is 7.73. The van der Waals surface area contributed by atoms with Crippen LogP contribution in [0.5, 0.6) is 0 Å². The summed E-state index contributed by atoms with van der Waals surface area (Å²) in [7, 11) is 0. The second-order valence-electron chi connectivity index (χ2n) is 5.93. The van der Waals surface area contributed by atoms with Crippen molar-refractivity contribution >= 4 is 11.9 Å². The first-order valence-electron chi connectivity index (χ1n) is 7.73. The number of amides is 1. The summed E-state index contributed by atoms with van der Waals surface area (Å²) in [6.07, 6.45) is 2.92. The Morgan fingerprint density at radius 1 is 1.22 bits per heavy atom. The molecule has 0 spiro atoms. The van der Waals surface area contributed by atoms with Crippen LogP contribution in [0.15, 0.2) is 41.0 Å². The van der Waals surface area contributed by atoms with Crippen molar-refractivity contribution < 1.29 is 19.1 Å². The van der Waals surface area contributed by atoms with Crippen LogP contribution in [-0.2, 0) is 0 Å². The zero-order valence-corrected chi connectivity index (χ0v) is 13.0. The monoisotopic (exact) mass is 313 g/mol. The summed E-state index contributed by atoms with van der Waals surface area (Å²) >= 11 is 0. The fourth-order valence-electron chi connectivity index (χ4n) is 3.15. The number of hydrogen-bond acceptors (Lipinski definition) is 3. The van der Waals surface area contributed by atoms with Gasteiger partial charge in [-0.1, -0.05) is 24.3 Å². The van der Waals surface area contributed by atoms with E-state index in [1.807, 2.05) is 6.07 Å². The lowest BCUT2D eigenvalue weighted by Crippen LogP contribution is -2.37. The second kappa shape index (κ2) is 6.28. The molecule has 1 fully saturated rings. The highest BCUT2D eigenvalue weighted by atomic mass is 16.4. The second-order valence-corrected chi connectivity index (χ2v) is 5.93. The van der Waals surface area contributed by atoms with Gasteiger partial charge in [0.25, 0.3) is 5.91 Å². The zero-order chi connectivity index (χ0) is 16.4. The molecule has 0 unspecified atom stereocenters. The zero-order valence-electron chi connectivity index (χ0n) is 13.0. The van der Waals surface area contributed by atoms with E-state index in [-0.39, 0.29) is 17.2 Å². The van der Waals surface area contributed by atoms with Gasteiger partial charge in [-0.25, -0.2) is 4.79 Å². The maximum atomic E-state index is 12.4. The van der Waals surface area contributed by atoms with Crippen molar-refractivity contribution in [2.24, 2.45) is 0 Å². The molecule has 0 saturated carbocycles. The molecule has 23 heavy (non-hydrogen) atoms. The van der Waals surface area contributed by atoms with Gasteiger partial charge >= 0.3 is 5.97 Å². The summed E-state index contributed by atoms with van der Waals surface area (Å²) in [5.74, 6) is -0.769. The quantitative estimate of drug-likeness (QED) is 0.943.